The van der Waals surface area contributed by atoms with Crippen molar-refractivity contribution in [3.63, 3.8) is 0 Å². The van der Waals surface area contributed by atoms with Gasteiger partial charge in [0.25, 0.3) is 9.28 Å². The molecule has 328 valence electrons. The predicted octanol–water partition coefficient (Wildman–Crippen LogP) is 8.97. The van der Waals surface area contributed by atoms with Crippen molar-refractivity contribution in [3.8, 4) is 0 Å². The quantitative estimate of drug-likeness (QED) is 0.0557. The zero-order chi connectivity index (χ0) is 43.2. The summed E-state index contributed by atoms with van der Waals surface area (Å²) >= 11 is 0. The Morgan fingerprint density at radius 2 is 1.31 bits per heavy atom. The van der Waals surface area contributed by atoms with E-state index in [0.717, 1.165) is 18.9 Å². The van der Waals surface area contributed by atoms with E-state index in [9.17, 15) is 84.2 Å². The summed E-state index contributed by atoms with van der Waals surface area (Å²) in [6.07, 6.45) is -25.5. The smallest absolute Gasteiger partial charge is 0.438 e. The van der Waals surface area contributed by atoms with Crippen LogP contribution in [0.15, 0.2) is 0 Å². The van der Waals surface area contributed by atoms with E-state index in [-0.39, 0.29) is 13.0 Å². The minimum Gasteiger partial charge on any atom is -0.438 e. The summed E-state index contributed by atoms with van der Waals surface area (Å²) in [5, 5.41) is 0. The van der Waals surface area contributed by atoms with Gasteiger partial charge in [-0.1, -0.05) is 12.8 Å². The van der Waals surface area contributed by atoms with Gasteiger partial charge in [0.05, 0.1) is 12.3 Å². The van der Waals surface area contributed by atoms with E-state index < -0.39 is 101 Å². The molecule has 9 nitrogen and oxygen atoms in total. The maximum atomic E-state index is 13.9. The topological polar surface area (TPSA) is 98.8 Å². The Morgan fingerprint density at radius 3 is 1.75 bits per heavy atom. The molecule has 2 saturated heterocycles. The van der Waals surface area contributed by atoms with Crippen molar-refractivity contribution in [1.82, 2.24) is 0 Å². The lowest BCUT2D eigenvalue weighted by Gasteiger charge is -2.37. The van der Waals surface area contributed by atoms with Crippen LogP contribution < -0.4 is 0 Å². The van der Waals surface area contributed by atoms with E-state index in [0.29, 0.717) is 38.0 Å². The fourth-order valence-electron chi connectivity index (χ4n) is 4.68. The molecule has 0 aliphatic carbocycles. The van der Waals surface area contributed by atoms with Gasteiger partial charge in [-0.3, -0.25) is 14.3 Å². The molecule has 5 unspecified atom stereocenters. The van der Waals surface area contributed by atoms with Gasteiger partial charge in [0.1, 0.15) is 6.61 Å². The molecule has 29 heteroatoms. The van der Waals surface area contributed by atoms with Gasteiger partial charge in [-0.2, -0.15) is 65.9 Å². The molecule has 0 amide bonds. The Balaban J connectivity index is 0.00000133. The average molecular weight is 903 g/mol. The highest BCUT2D eigenvalue weighted by Gasteiger charge is 2.60. The van der Waals surface area contributed by atoms with Gasteiger partial charge >= 0.3 is 57.2 Å². The van der Waals surface area contributed by atoms with Gasteiger partial charge in [0.15, 0.2) is 22.0 Å². The molecule has 2 heterocycles. The minimum atomic E-state index is -6.06. The van der Waals surface area contributed by atoms with Crippen molar-refractivity contribution >= 4 is 38.1 Å². The zero-order valence-electron chi connectivity index (χ0n) is 29.2. The van der Waals surface area contributed by atoms with Crippen LogP contribution in [0.3, 0.4) is 0 Å². The number of esters is 2. The Labute approximate surface area is 306 Å². The van der Waals surface area contributed by atoms with Crippen LogP contribution in [0, 0.1) is 5.92 Å². The van der Waals surface area contributed by atoms with Crippen molar-refractivity contribution in [1.29, 1.82) is 0 Å². The van der Waals surface area contributed by atoms with E-state index in [4.69, 9.17) is 17.4 Å². The number of carbonyl (C=O) groups excluding carboxylic acids is 2. The summed E-state index contributed by atoms with van der Waals surface area (Å²) in [6.45, 7) is 0.780. The van der Waals surface area contributed by atoms with Crippen LogP contribution in [0.2, 0.25) is 37.8 Å². The summed E-state index contributed by atoms with van der Waals surface area (Å²) in [7, 11) is -7.03. The van der Waals surface area contributed by atoms with Crippen LogP contribution in [0.1, 0.15) is 38.5 Å². The van der Waals surface area contributed by atoms with Crippen molar-refractivity contribution in [2.75, 3.05) is 33.5 Å². The van der Waals surface area contributed by atoms with Crippen molar-refractivity contribution in [2.24, 2.45) is 5.92 Å². The summed E-state index contributed by atoms with van der Waals surface area (Å²) in [5.74, 6) is -5.58. The third-order valence-corrected chi connectivity index (χ3v) is 19.2. The maximum Gasteiger partial charge on any atom is 0.487 e. The van der Waals surface area contributed by atoms with Gasteiger partial charge in [-0.15, -0.1) is 0 Å². The van der Waals surface area contributed by atoms with Crippen molar-refractivity contribution in [3.05, 3.63) is 0 Å². The second kappa shape index (κ2) is 21.9. The van der Waals surface area contributed by atoms with Gasteiger partial charge in [-0.25, -0.2) is 8.78 Å². The third kappa shape index (κ3) is 19.6. The van der Waals surface area contributed by atoms with Crippen LogP contribution in [-0.4, -0.2) is 108 Å². The van der Waals surface area contributed by atoms with Crippen molar-refractivity contribution in [2.45, 2.75) is 113 Å². The standard InChI is InChI=1S/C21H37F5O8Si3.C3H2F6O.C2F6/c1-35-33-36(2,12-7-9-29-15-20(23,30-16-22)21(24,25)26)11-5-4-10-31-37(3,34-35)13-6-8-17-14-18(27)32-19(17)28;4-1-10-3(8,9)2(5,6)7;3-1(4,5)2(6,7)8/h17,35H,4-16H2,1-3H3;1H2;. The second-order valence-corrected chi connectivity index (χ2v) is 22.2. The number of ether oxygens (including phenoxy) is 4. The van der Waals surface area contributed by atoms with Crippen LogP contribution in [0.4, 0.5) is 74.6 Å². The van der Waals surface area contributed by atoms with Gasteiger partial charge in [0, 0.05) is 13.2 Å². The highest BCUT2D eigenvalue weighted by atomic mass is 28.5. The number of hydrogen-bond acceptors (Lipinski definition) is 9. The summed E-state index contributed by atoms with van der Waals surface area (Å²) in [6, 6.07) is 2.04. The Morgan fingerprint density at radius 1 is 0.745 bits per heavy atom. The fraction of sp³-hybridized carbons (Fsp3) is 0.923. The molecule has 2 fully saturated rings. The molecule has 0 radical (unpaired) electrons. The molecule has 0 aromatic carbocycles. The van der Waals surface area contributed by atoms with E-state index in [1.807, 2.05) is 19.6 Å². The predicted molar refractivity (Wildman–Crippen MR) is 159 cm³/mol. The molecule has 0 aromatic heterocycles. The number of hydrogen-bond donors (Lipinski definition) is 0. The van der Waals surface area contributed by atoms with Crippen LogP contribution in [-0.2, 0) is 41.2 Å². The molecule has 0 N–H and O–H groups in total. The summed E-state index contributed by atoms with van der Waals surface area (Å²) in [5.41, 5.74) is 0. The van der Waals surface area contributed by atoms with Gasteiger partial charge in [0.2, 0.25) is 0 Å². The lowest BCUT2D eigenvalue weighted by Crippen LogP contribution is -2.49. The molecular formula is C26H39F17O9Si3. The highest BCUT2D eigenvalue weighted by molar-refractivity contribution is 6.81. The largest absolute Gasteiger partial charge is 0.487 e. The number of alkyl halides is 17. The SMILES string of the molecule is C[SiH]1O[Si](C)(CCCOCC(F)(OCF)C(F)(F)F)CCCCO[Si](C)(CCCC2CC(=O)OC2=O)O1.FC(F)(F)C(F)(F)F.FCOC(F)(F)C(F)(F)F. The Hall–Kier alpha value is -1.64. The molecule has 0 spiro atoms. The first-order chi connectivity index (χ1) is 24.8. The second-order valence-electron chi connectivity index (χ2n) is 12.2. The molecule has 5 atom stereocenters. The molecule has 0 bridgehead atoms. The van der Waals surface area contributed by atoms with Gasteiger partial charge in [-0.05, 0) is 57.0 Å². The van der Waals surface area contributed by atoms with Crippen LogP contribution >= 0.6 is 0 Å². The molecule has 0 saturated carbocycles. The molecule has 55 heavy (non-hydrogen) atoms. The molecule has 2 rings (SSSR count). The molecule has 2 aliphatic rings. The van der Waals surface area contributed by atoms with Crippen molar-refractivity contribution < 1.29 is 116 Å². The monoisotopic (exact) mass is 902 g/mol. The van der Waals surface area contributed by atoms with Crippen LogP contribution in [0.5, 0.6) is 0 Å². The van der Waals surface area contributed by atoms with E-state index in [1.165, 1.54) is 0 Å². The number of cyclic esters (lactones) is 2. The highest BCUT2D eigenvalue weighted by Crippen LogP contribution is 2.38. The number of rotatable bonds is 14. The normalized spacial score (nSPS) is 25.9. The lowest BCUT2D eigenvalue weighted by atomic mass is 10.0. The maximum absolute atomic E-state index is 13.9. The molecular weight excluding hydrogens is 864 g/mol. The average Bonchev–Trinajstić information content (AvgIpc) is 3.31. The number of halogens is 17. The number of carbonyl (C=O) groups is 2. The molecule has 2 aliphatic heterocycles. The first-order valence-corrected chi connectivity index (χ1v) is 23.3. The first kappa shape index (κ1) is 53.4. The third-order valence-electron chi connectivity index (χ3n) is 7.39. The van der Waals surface area contributed by atoms with E-state index in [1.54, 1.807) is 0 Å². The van der Waals surface area contributed by atoms with E-state index in [2.05, 4.69) is 14.2 Å². The van der Waals surface area contributed by atoms with Gasteiger partial charge < -0.3 is 26.9 Å². The van der Waals surface area contributed by atoms with E-state index >= 15 is 0 Å². The summed E-state index contributed by atoms with van der Waals surface area (Å²) < 4.78 is 228. The Kier molecular flexibility index (Phi) is 21.3. The minimum absolute atomic E-state index is 0.103. The Bertz CT molecular complexity index is 1150. The molecule has 0 aromatic rings. The summed E-state index contributed by atoms with van der Waals surface area (Å²) in [4.78, 5) is 23.0. The van der Waals surface area contributed by atoms with Crippen LogP contribution in [0.25, 0.3) is 0 Å². The zero-order valence-corrected chi connectivity index (χ0v) is 32.3. The fourth-order valence-corrected chi connectivity index (χ4v) is 16.7. The first-order valence-electron chi connectivity index (χ1n) is 15.8. The lowest BCUT2D eigenvalue weighted by molar-refractivity contribution is -0.398.